The van der Waals surface area contributed by atoms with Crippen LogP contribution in [0.4, 0.5) is 4.39 Å². The molecule has 6 heteroatoms. The van der Waals surface area contributed by atoms with Crippen LogP contribution in [0.2, 0.25) is 0 Å². The van der Waals surface area contributed by atoms with Crippen LogP contribution in [0.1, 0.15) is 43.3 Å². The Morgan fingerprint density at radius 2 is 1.85 bits per heavy atom. The molecule has 0 atom stereocenters. The average molecular weight is 359 g/mol. The Balaban J connectivity index is 2.08. The summed E-state index contributed by atoms with van der Waals surface area (Å²) < 4.78 is 15.1. The normalized spacial score (nSPS) is 12.3. The zero-order valence-electron chi connectivity index (χ0n) is 16.7. The van der Waals surface area contributed by atoms with Gasteiger partial charge in [-0.15, -0.1) is 0 Å². The highest BCUT2D eigenvalue weighted by Gasteiger charge is 2.21. The van der Waals surface area contributed by atoms with E-state index in [1.54, 1.807) is 0 Å². The summed E-state index contributed by atoms with van der Waals surface area (Å²) in [5.41, 5.74) is 4.23. The summed E-state index contributed by atoms with van der Waals surface area (Å²) in [6.45, 7) is 12.4. The largest absolute Gasteiger partial charge is 0.357 e. The molecule has 1 aromatic carbocycles. The first-order chi connectivity index (χ1) is 12.2. The molecule has 0 saturated heterocycles. The van der Waals surface area contributed by atoms with Crippen molar-refractivity contribution in [1.82, 2.24) is 20.4 Å². The van der Waals surface area contributed by atoms with Crippen molar-refractivity contribution in [3.63, 3.8) is 0 Å². The number of aromatic nitrogens is 2. The minimum Gasteiger partial charge on any atom is -0.357 e. The lowest BCUT2D eigenvalue weighted by Crippen LogP contribution is -2.43. The molecule has 142 valence electrons. The summed E-state index contributed by atoms with van der Waals surface area (Å²) in [5, 5.41) is 11.1. The number of benzene rings is 1. The van der Waals surface area contributed by atoms with Gasteiger partial charge in [-0.05, 0) is 38.5 Å². The summed E-state index contributed by atoms with van der Waals surface area (Å²) >= 11 is 0. The predicted molar refractivity (Wildman–Crippen MR) is 105 cm³/mol. The third-order valence-electron chi connectivity index (χ3n) is 4.72. The number of aryl methyl sites for hydroxylation is 2. The van der Waals surface area contributed by atoms with E-state index >= 15 is 0 Å². The van der Waals surface area contributed by atoms with Crippen LogP contribution in [0.15, 0.2) is 29.3 Å². The molecule has 26 heavy (non-hydrogen) atoms. The molecule has 1 aromatic heterocycles. The molecule has 0 fully saturated rings. The molecule has 0 bridgehead atoms. The van der Waals surface area contributed by atoms with E-state index in [1.165, 1.54) is 12.1 Å². The van der Waals surface area contributed by atoms with Gasteiger partial charge in [-0.25, -0.2) is 9.38 Å². The number of guanidine groups is 1. The third-order valence-corrected chi connectivity index (χ3v) is 4.72. The molecule has 0 spiro atoms. The van der Waals surface area contributed by atoms with E-state index in [-0.39, 0.29) is 11.2 Å². The second kappa shape index (κ2) is 8.34. The van der Waals surface area contributed by atoms with Crippen LogP contribution in [0, 0.1) is 19.7 Å². The monoisotopic (exact) mass is 359 g/mol. The third kappa shape index (κ3) is 4.84. The minimum absolute atomic E-state index is 0.149. The fourth-order valence-electron chi connectivity index (χ4n) is 2.85. The number of aliphatic imine (C=N–C) groups is 1. The van der Waals surface area contributed by atoms with Crippen LogP contribution in [0.5, 0.6) is 0 Å². The molecule has 5 nitrogen and oxygen atoms in total. The van der Waals surface area contributed by atoms with Crippen molar-refractivity contribution >= 4 is 5.96 Å². The topological polar surface area (TPSA) is 54.2 Å². The van der Waals surface area contributed by atoms with Gasteiger partial charge in [0.05, 0.1) is 12.2 Å². The van der Waals surface area contributed by atoms with E-state index in [4.69, 9.17) is 4.99 Å². The van der Waals surface area contributed by atoms with E-state index < -0.39 is 0 Å². The standard InChI is InChI=1S/C20H30FN5/c1-7-22-19(23-12-18-14(2)25-26(6)15(18)3)24-13-20(4,5)16-8-10-17(21)11-9-16/h8-11H,7,12-13H2,1-6H3,(H2,22,23,24). The zero-order chi connectivity index (χ0) is 19.3. The predicted octanol–water partition coefficient (Wildman–Crippen LogP) is 3.21. The van der Waals surface area contributed by atoms with Gasteiger partial charge in [-0.2, -0.15) is 5.10 Å². The van der Waals surface area contributed by atoms with Gasteiger partial charge in [0.15, 0.2) is 5.96 Å². The number of rotatable bonds is 6. The summed E-state index contributed by atoms with van der Waals surface area (Å²) in [6, 6.07) is 6.68. The molecule has 0 aliphatic carbocycles. The Bertz CT molecular complexity index is 759. The van der Waals surface area contributed by atoms with Crippen molar-refractivity contribution in [3.8, 4) is 0 Å². The fraction of sp³-hybridized carbons (Fsp3) is 0.500. The van der Waals surface area contributed by atoms with Crippen LogP contribution in [0.3, 0.4) is 0 Å². The second-order valence-electron chi connectivity index (χ2n) is 7.21. The molecule has 0 aliphatic heterocycles. The highest BCUT2D eigenvalue weighted by atomic mass is 19.1. The molecule has 2 aromatic rings. The summed E-state index contributed by atoms with van der Waals surface area (Å²) in [7, 11) is 1.95. The maximum atomic E-state index is 13.2. The van der Waals surface area contributed by atoms with Gasteiger partial charge in [-0.1, -0.05) is 26.0 Å². The highest BCUT2D eigenvalue weighted by molar-refractivity contribution is 5.79. The maximum absolute atomic E-state index is 13.2. The first kappa shape index (κ1) is 19.9. The average Bonchev–Trinajstić information content (AvgIpc) is 2.83. The number of hydrogen-bond acceptors (Lipinski definition) is 2. The Kier molecular flexibility index (Phi) is 6.40. The molecule has 0 amide bonds. The molecule has 0 saturated carbocycles. The molecular formula is C20H30FN5. The van der Waals surface area contributed by atoms with Gasteiger partial charge in [0.25, 0.3) is 0 Å². The highest BCUT2D eigenvalue weighted by Crippen LogP contribution is 2.22. The number of nitrogens with one attached hydrogen (secondary N) is 2. The summed E-state index contributed by atoms with van der Waals surface area (Å²) in [6.07, 6.45) is 0. The van der Waals surface area contributed by atoms with Gasteiger partial charge in [-0.3, -0.25) is 4.68 Å². The van der Waals surface area contributed by atoms with E-state index in [0.717, 1.165) is 35.0 Å². The second-order valence-corrected chi connectivity index (χ2v) is 7.21. The van der Waals surface area contributed by atoms with Crippen molar-refractivity contribution in [3.05, 3.63) is 52.6 Å². The number of halogens is 1. The van der Waals surface area contributed by atoms with Crippen molar-refractivity contribution in [2.75, 3.05) is 13.1 Å². The SMILES string of the molecule is CCNC(=NCc1c(C)nn(C)c1C)NCC(C)(C)c1ccc(F)cc1. The Morgan fingerprint density at radius 1 is 1.19 bits per heavy atom. The molecule has 2 N–H and O–H groups in total. The van der Waals surface area contributed by atoms with E-state index in [0.29, 0.717) is 13.1 Å². The van der Waals surface area contributed by atoms with Crippen LogP contribution in [0.25, 0.3) is 0 Å². The first-order valence-electron chi connectivity index (χ1n) is 9.02. The molecule has 0 unspecified atom stereocenters. The molecular weight excluding hydrogens is 329 g/mol. The smallest absolute Gasteiger partial charge is 0.191 e. The van der Waals surface area contributed by atoms with E-state index in [9.17, 15) is 4.39 Å². The summed E-state index contributed by atoms with van der Waals surface area (Å²) in [4.78, 5) is 4.71. The lowest BCUT2D eigenvalue weighted by Gasteiger charge is -2.26. The number of hydrogen-bond donors (Lipinski definition) is 2. The van der Waals surface area contributed by atoms with Gasteiger partial charge in [0.1, 0.15) is 5.82 Å². The molecule has 1 heterocycles. The van der Waals surface area contributed by atoms with Crippen LogP contribution >= 0.6 is 0 Å². The van der Waals surface area contributed by atoms with Crippen molar-refractivity contribution < 1.29 is 4.39 Å². The quantitative estimate of drug-likeness (QED) is 0.615. The summed E-state index contributed by atoms with van der Waals surface area (Å²) in [5.74, 6) is 0.556. The van der Waals surface area contributed by atoms with E-state index in [2.05, 4.69) is 36.5 Å². The van der Waals surface area contributed by atoms with Gasteiger partial charge < -0.3 is 10.6 Å². The fourth-order valence-corrected chi connectivity index (χ4v) is 2.85. The van der Waals surface area contributed by atoms with Crippen molar-refractivity contribution in [1.29, 1.82) is 0 Å². The van der Waals surface area contributed by atoms with Gasteiger partial charge in [0.2, 0.25) is 0 Å². The molecule has 0 radical (unpaired) electrons. The lowest BCUT2D eigenvalue weighted by atomic mass is 9.84. The Labute approximate surface area is 155 Å². The maximum Gasteiger partial charge on any atom is 0.191 e. The van der Waals surface area contributed by atoms with Gasteiger partial charge in [0, 0.05) is 36.8 Å². The van der Waals surface area contributed by atoms with Crippen LogP contribution < -0.4 is 10.6 Å². The number of nitrogens with zero attached hydrogens (tertiary/aromatic N) is 3. The molecule has 0 aliphatic rings. The van der Waals surface area contributed by atoms with E-state index in [1.807, 2.05) is 37.7 Å². The van der Waals surface area contributed by atoms with Crippen molar-refractivity contribution in [2.24, 2.45) is 12.0 Å². The zero-order valence-corrected chi connectivity index (χ0v) is 16.7. The lowest BCUT2D eigenvalue weighted by molar-refractivity contribution is 0.507. The Hall–Kier alpha value is -2.37. The minimum atomic E-state index is -0.213. The van der Waals surface area contributed by atoms with Crippen LogP contribution in [-0.2, 0) is 19.0 Å². The molecule has 2 rings (SSSR count). The van der Waals surface area contributed by atoms with Crippen molar-refractivity contribution in [2.45, 2.75) is 46.6 Å². The van der Waals surface area contributed by atoms with Gasteiger partial charge >= 0.3 is 0 Å². The Morgan fingerprint density at radius 3 is 2.38 bits per heavy atom. The van der Waals surface area contributed by atoms with Crippen LogP contribution in [-0.4, -0.2) is 28.8 Å². The first-order valence-corrected chi connectivity index (χ1v) is 9.02.